The van der Waals surface area contributed by atoms with Crippen molar-refractivity contribution in [1.82, 2.24) is 10.3 Å². The third-order valence-corrected chi connectivity index (χ3v) is 6.54. The summed E-state index contributed by atoms with van der Waals surface area (Å²) in [6.07, 6.45) is 6.70. The average Bonchev–Trinajstić information content (AvgIpc) is 2.92. The van der Waals surface area contributed by atoms with E-state index in [-0.39, 0.29) is 23.4 Å². The predicted octanol–water partition coefficient (Wildman–Crippen LogP) is 5.13. The number of ketones is 1. The van der Waals surface area contributed by atoms with Crippen LogP contribution >= 0.6 is 0 Å². The van der Waals surface area contributed by atoms with Crippen LogP contribution in [-0.4, -0.2) is 35.7 Å². The van der Waals surface area contributed by atoms with Gasteiger partial charge in [-0.2, -0.15) is 0 Å². The Labute approximate surface area is 211 Å². The zero-order valence-electron chi connectivity index (χ0n) is 20.6. The van der Waals surface area contributed by atoms with Gasteiger partial charge in [0.05, 0.1) is 7.11 Å². The standard InChI is InChI=1S/C29H31N3O4/c1-20(33)21-11-15-24(16-12-21)32(29(35)26-10-6-7-19-30-26)27(22-13-17-25(36-2)18-14-22)28(34)31-23-8-4-3-5-9-23/h6-7,10-19,23,27H,3-5,8-9H2,1-2H3,(H,31,34). The number of ether oxygens (including phenoxy) is 1. The van der Waals surface area contributed by atoms with Gasteiger partial charge in [0.1, 0.15) is 17.5 Å². The van der Waals surface area contributed by atoms with Gasteiger partial charge in [-0.3, -0.25) is 24.3 Å². The smallest absolute Gasteiger partial charge is 0.277 e. The number of benzene rings is 2. The van der Waals surface area contributed by atoms with Crippen molar-refractivity contribution in [1.29, 1.82) is 0 Å². The first-order valence-corrected chi connectivity index (χ1v) is 12.3. The Hall–Kier alpha value is -4.00. The van der Waals surface area contributed by atoms with Gasteiger partial charge in [0.25, 0.3) is 5.91 Å². The lowest BCUT2D eigenvalue weighted by molar-refractivity contribution is -0.123. The van der Waals surface area contributed by atoms with E-state index in [0.717, 1.165) is 25.7 Å². The number of hydrogen-bond acceptors (Lipinski definition) is 5. The van der Waals surface area contributed by atoms with E-state index >= 15 is 0 Å². The summed E-state index contributed by atoms with van der Waals surface area (Å²) in [6, 6.07) is 18.1. The maximum Gasteiger partial charge on any atom is 0.277 e. The number of carbonyl (C=O) groups excluding carboxylic acids is 3. The first-order chi connectivity index (χ1) is 17.5. The maximum atomic E-state index is 13.9. The number of methoxy groups -OCH3 is 1. The summed E-state index contributed by atoms with van der Waals surface area (Å²) in [4.78, 5) is 45.3. The van der Waals surface area contributed by atoms with Crippen molar-refractivity contribution in [2.24, 2.45) is 0 Å². The molecule has 36 heavy (non-hydrogen) atoms. The van der Waals surface area contributed by atoms with Crippen molar-refractivity contribution in [2.75, 3.05) is 12.0 Å². The summed E-state index contributed by atoms with van der Waals surface area (Å²) in [5, 5.41) is 3.19. The number of anilines is 1. The molecular weight excluding hydrogens is 454 g/mol. The first-order valence-electron chi connectivity index (χ1n) is 12.3. The van der Waals surface area contributed by atoms with E-state index in [2.05, 4.69) is 10.3 Å². The van der Waals surface area contributed by atoms with Gasteiger partial charge in [-0.15, -0.1) is 0 Å². The second-order valence-corrected chi connectivity index (χ2v) is 9.01. The highest BCUT2D eigenvalue weighted by molar-refractivity contribution is 6.09. The Morgan fingerprint density at radius 1 is 0.944 bits per heavy atom. The van der Waals surface area contributed by atoms with Gasteiger partial charge in [-0.25, -0.2) is 0 Å². The molecule has 0 bridgehead atoms. The summed E-state index contributed by atoms with van der Waals surface area (Å²) in [5.74, 6) is -0.0951. The van der Waals surface area contributed by atoms with E-state index in [1.807, 2.05) is 0 Å². The van der Waals surface area contributed by atoms with Gasteiger partial charge < -0.3 is 10.1 Å². The molecule has 1 atom stereocenters. The summed E-state index contributed by atoms with van der Waals surface area (Å²) in [5.41, 5.74) is 1.88. The molecule has 1 saturated carbocycles. The topological polar surface area (TPSA) is 88.6 Å². The average molecular weight is 486 g/mol. The fourth-order valence-corrected chi connectivity index (χ4v) is 4.58. The molecular formula is C29H31N3O4. The van der Waals surface area contributed by atoms with Gasteiger partial charge in [0, 0.05) is 23.5 Å². The Kier molecular flexibility index (Phi) is 8.10. The molecule has 1 aliphatic rings. The minimum Gasteiger partial charge on any atom is -0.497 e. The largest absolute Gasteiger partial charge is 0.497 e. The highest BCUT2D eigenvalue weighted by Gasteiger charge is 2.35. The van der Waals surface area contributed by atoms with E-state index in [1.54, 1.807) is 80.0 Å². The Morgan fingerprint density at radius 2 is 1.64 bits per heavy atom. The van der Waals surface area contributed by atoms with Crippen molar-refractivity contribution in [3.05, 3.63) is 89.7 Å². The third-order valence-electron chi connectivity index (χ3n) is 6.54. The molecule has 1 heterocycles. The van der Waals surface area contributed by atoms with E-state index in [1.165, 1.54) is 18.2 Å². The SMILES string of the molecule is COc1ccc(C(C(=O)NC2CCCCC2)N(C(=O)c2ccccn2)c2ccc(C(C)=O)cc2)cc1. The molecule has 0 radical (unpaired) electrons. The van der Waals surface area contributed by atoms with Crippen LogP contribution in [0.4, 0.5) is 5.69 Å². The molecule has 1 aliphatic carbocycles. The van der Waals surface area contributed by atoms with Crippen LogP contribution in [0.15, 0.2) is 72.9 Å². The van der Waals surface area contributed by atoms with Crippen molar-refractivity contribution in [3.63, 3.8) is 0 Å². The lowest BCUT2D eigenvalue weighted by Gasteiger charge is -2.33. The molecule has 2 aromatic carbocycles. The summed E-state index contributed by atoms with van der Waals surface area (Å²) in [6.45, 7) is 1.49. The van der Waals surface area contributed by atoms with E-state index in [4.69, 9.17) is 4.74 Å². The molecule has 0 spiro atoms. The van der Waals surface area contributed by atoms with Crippen molar-refractivity contribution in [3.8, 4) is 5.75 Å². The molecule has 7 nitrogen and oxygen atoms in total. The molecule has 4 rings (SSSR count). The van der Waals surface area contributed by atoms with Crippen LogP contribution in [0.5, 0.6) is 5.75 Å². The van der Waals surface area contributed by atoms with E-state index in [0.29, 0.717) is 22.6 Å². The minimum atomic E-state index is -0.949. The lowest BCUT2D eigenvalue weighted by Crippen LogP contribution is -2.47. The quantitative estimate of drug-likeness (QED) is 0.447. The second kappa shape index (κ2) is 11.6. The molecule has 0 saturated heterocycles. The molecule has 1 fully saturated rings. The molecule has 2 amide bonds. The van der Waals surface area contributed by atoms with E-state index < -0.39 is 11.9 Å². The van der Waals surface area contributed by atoms with Crippen LogP contribution in [0.25, 0.3) is 0 Å². The molecule has 186 valence electrons. The van der Waals surface area contributed by atoms with Crippen LogP contribution in [0.2, 0.25) is 0 Å². The highest BCUT2D eigenvalue weighted by atomic mass is 16.5. The Balaban J connectivity index is 1.80. The number of nitrogens with one attached hydrogen (secondary N) is 1. The van der Waals surface area contributed by atoms with Crippen LogP contribution in [-0.2, 0) is 4.79 Å². The zero-order chi connectivity index (χ0) is 25.5. The monoisotopic (exact) mass is 485 g/mol. The Morgan fingerprint density at radius 3 is 2.22 bits per heavy atom. The van der Waals surface area contributed by atoms with Crippen LogP contribution in [0.1, 0.15) is 71.5 Å². The Bertz CT molecular complexity index is 1190. The van der Waals surface area contributed by atoms with Crippen LogP contribution in [0, 0.1) is 0 Å². The van der Waals surface area contributed by atoms with Crippen LogP contribution < -0.4 is 15.0 Å². The fraction of sp³-hybridized carbons (Fsp3) is 0.310. The number of rotatable bonds is 8. The minimum absolute atomic E-state index is 0.0684. The van der Waals surface area contributed by atoms with E-state index in [9.17, 15) is 14.4 Å². The summed E-state index contributed by atoms with van der Waals surface area (Å²) >= 11 is 0. The fourth-order valence-electron chi connectivity index (χ4n) is 4.58. The molecule has 0 aliphatic heterocycles. The maximum absolute atomic E-state index is 13.9. The first kappa shape index (κ1) is 25.1. The van der Waals surface area contributed by atoms with Crippen LogP contribution in [0.3, 0.4) is 0 Å². The number of hydrogen-bond donors (Lipinski definition) is 1. The van der Waals surface area contributed by atoms with Gasteiger partial charge in [-0.1, -0.05) is 37.5 Å². The molecule has 7 heteroatoms. The predicted molar refractivity (Wildman–Crippen MR) is 138 cm³/mol. The molecule has 1 aromatic heterocycles. The third kappa shape index (κ3) is 5.79. The zero-order valence-corrected chi connectivity index (χ0v) is 20.6. The van der Waals surface area contributed by atoms with Gasteiger partial charge >= 0.3 is 0 Å². The number of aromatic nitrogens is 1. The molecule has 1 N–H and O–H groups in total. The number of pyridine rings is 1. The van der Waals surface area contributed by atoms with Crippen molar-refractivity contribution in [2.45, 2.75) is 51.1 Å². The number of carbonyl (C=O) groups is 3. The van der Waals surface area contributed by atoms with Gasteiger partial charge in [-0.05, 0) is 73.9 Å². The number of Topliss-reactive ketones (excluding diaryl/α,β-unsaturated/α-hetero) is 1. The second-order valence-electron chi connectivity index (χ2n) is 9.01. The van der Waals surface area contributed by atoms with Crippen molar-refractivity contribution >= 4 is 23.3 Å². The number of nitrogens with zero attached hydrogens (tertiary/aromatic N) is 2. The molecule has 1 unspecified atom stereocenters. The summed E-state index contributed by atoms with van der Waals surface area (Å²) in [7, 11) is 1.58. The normalized spacial score (nSPS) is 14.5. The van der Waals surface area contributed by atoms with Gasteiger partial charge in [0.15, 0.2) is 5.78 Å². The highest BCUT2D eigenvalue weighted by Crippen LogP contribution is 2.31. The lowest BCUT2D eigenvalue weighted by atomic mass is 9.94. The summed E-state index contributed by atoms with van der Waals surface area (Å²) < 4.78 is 5.31. The molecule has 3 aromatic rings. The van der Waals surface area contributed by atoms with Crippen molar-refractivity contribution < 1.29 is 19.1 Å². The van der Waals surface area contributed by atoms with Gasteiger partial charge in [0.2, 0.25) is 5.91 Å². The number of amides is 2.